The van der Waals surface area contributed by atoms with Crippen molar-refractivity contribution in [1.82, 2.24) is 9.55 Å². The van der Waals surface area contributed by atoms with E-state index in [0.717, 1.165) is 0 Å². The molecule has 0 aliphatic rings. The lowest BCUT2D eigenvalue weighted by Crippen LogP contribution is -2.21. The van der Waals surface area contributed by atoms with E-state index in [-0.39, 0.29) is 10.3 Å². The van der Waals surface area contributed by atoms with Crippen molar-refractivity contribution >= 4 is 34.7 Å². The predicted octanol–water partition coefficient (Wildman–Crippen LogP) is 4.34. The maximum atomic E-state index is 13.4. The minimum Gasteiger partial charge on any atom is -0.497 e. The SMILES string of the molecule is COc1ccc(OC)c(-n2c(=S)[nH]c3cc(C(=O)Nc4cc(OC)c(OC)c(OC)c4)ccc3c2=O)c1. The van der Waals surface area contributed by atoms with E-state index < -0.39 is 5.91 Å². The molecule has 10 nitrogen and oxygen atoms in total. The van der Waals surface area contributed by atoms with Gasteiger partial charge in [0.05, 0.1) is 52.1 Å². The predicted molar refractivity (Wildman–Crippen MR) is 142 cm³/mol. The number of hydrogen-bond acceptors (Lipinski definition) is 8. The standard InChI is InChI=1S/C26H25N3O7S/c1-32-16-7-9-20(33-2)19(13-16)29-25(31)17-8-6-14(10-18(17)28-26(29)37)24(30)27-15-11-21(34-3)23(36-5)22(12-15)35-4/h6-13H,1-5H3,(H,27,30)(H,28,37). The lowest BCUT2D eigenvalue weighted by Gasteiger charge is -2.15. The summed E-state index contributed by atoms with van der Waals surface area (Å²) >= 11 is 5.50. The molecule has 2 N–H and O–H groups in total. The number of H-pyrrole nitrogens is 1. The molecule has 0 fully saturated rings. The van der Waals surface area contributed by atoms with Crippen LogP contribution in [-0.2, 0) is 0 Å². The molecule has 0 bridgehead atoms. The van der Waals surface area contributed by atoms with Crippen molar-refractivity contribution < 1.29 is 28.5 Å². The van der Waals surface area contributed by atoms with Crippen molar-refractivity contribution in [2.24, 2.45) is 0 Å². The Morgan fingerprint density at radius 1 is 0.838 bits per heavy atom. The van der Waals surface area contributed by atoms with E-state index in [9.17, 15) is 9.59 Å². The van der Waals surface area contributed by atoms with Gasteiger partial charge >= 0.3 is 0 Å². The second kappa shape index (κ2) is 10.6. The number of ether oxygens (including phenoxy) is 5. The van der Waals surface area contributed by atoms with Gasteiger partial charge in [-0.1, -0.05) is 0 Å². The van der Waals surface area contributed by atoms with E-state index in [1.807, 2.05) is 0 Å². The maximum absolute atomic E-state index is 13.4. The van der Waals surface area contributed by atoms with E-state index in [1.54, 1.807) is 48.5 Å². The number of rotatable bonds is 8. The molecule has 0 unspecified atom stereocenters. The van der Waals surface area contributed by atoms with Gasteiger partial charge in [0.1, 0.15) is 11.5 Å². The summed E-state index contributed by atoms with van der Waals surface area (Å²) in [5.41, 5.74) is 1.21. The third-order valence-electron chi connectivity index (χ3n) is 5.71. The van der Waals surface area contributed by atoms with Crippen LogP contribution >= 0.6 is 12.2 Å². The highest BCUT2D eigenvalue weighted by Gasteiger charge is 2.17. The van der Waals surface area contributed by atoms with Crippen LogP contribution in [0.3, 0.4) is 0 Å². The number of fused-ring (bicyclic) bond motifs is 1. The maximum Gasteiger partial charge on any atom is 0.266 e. The van der Waals surface area contributed by atoms with Crippen LogP contribution in [0.1, 0.15) is 10.4 Å². The van der Waals surface area contributed by atoms with Crippen LogP contribution in [0.5, 0.6) is 28.7 Å². The van der Waals surface area contributed by atoms with Gasteiger partial charge in [0, 0.05) is 29.4 Å². The zero-order chi connectivity index (χ0) is 26.7. The minimum atomic E-state index is -0.408. The minimum absolute atomic E-state index is 0.131. The van der Waals surface area contributed by atoms with Gasteiger partial charge in [-0.05, 0) is 42.5 Å². The Morgan fingerprint density at radius 2 is 1.51 bits per heavy atom. The largest absolute Gasteiger partial charge is 0.497 e. The van der Waals surface area contributed by atoms with Gasteiger partial charge in [-0.15, -0.1) is 0 Å². The Bertz CT molecular complexity index is 1590. The molecular formula is C26H25N3O7S. The molecule has 1 aromatic heterocycles. The first-order valence-corrected chi connectivity index (χ1v) is 11.4. The number of carbonyl (C=O) groups is 1. The number of aromatic amines is 1. The third-order valence-corrected chi connectivity index (χ3v) is 5.99. The molecule has 0 saturated carbocycles. The van der Waals surface area contributed by atoms with Crippen LogP contribution < -0.4 is 34.6 Å². The molecule has 0 saturated heterocycles. The highest BCUT2D eigenvalue weighted by Crippen LogP contribution is 2.40. The van der Waals surface area contributed by atoms with Crippen LogP contribution in [-0.4, -0.2) is 51.0 Å². The molecule has 0 spiro atoms. The smallest absolute Gasteiger partial charge is 0.266 e. The molecule has 0 aliphatic heterocycles. The molecule has 4 rings (SSSR count). The molecular weight excluding hydrogens is 498 g/mol. The van der Waals surface area contributed by atoms with Crippen molar-refractivity contribution in [3.05, 3.63) is 69.2 Å². The van der Waals surface area contributed by atoms with Crippen molar-refractivity contribution in [3.8, 4) is 34.4 Å². The van der Waals surface area contributed by atoms with Crippen molar-refractivity contribution in [2.75, 3.05) is 40.9 Å². The van der Waals surface area contributed by atoms with E-state index in [0.29, 0.717) is 56.6 Å². The van der Waals surface area contributed by atoms with E-state index in [2.05, 4.69) is 10.3 Å². The van der Waals surface area contributed by atoms with Crippen LogP contribution in [0.25, 0.3) is 16.6 Å². The van der Waals surface area contributed by atoms with Gasteiger partial charge in [0.25, 0.3) is 11.5 Å². The Labute approximate surface area is 217 Å². The van der Waals surface area contributed by atoms with Crippen molar-refractivity contribution in [1.29, 1.82) is 0 Å². The number of carbonyl (C=O) groups excluding carboxylic acids is 1. The second-order valence-corrected chi connectivity index (χ2v) is 8.12. The number of amides is 1. The average Bonchev–Trinajstić information content (AvgIpc) is 2.91. The topological polar surface area (TPSA) is 113 Å². The van der Waals surface area contributed by atoms with Gasteiger partial charge in [-0.25, -0.2) is 4.57 Å². The average molecular weight is 524 g/mol. The fraction of sp³-hybridized carbons (Fsp3) is 0.192. The molecule has 0 aliphatic carbocycles. The summed E-state index contributed by atoms with van der Waals surface area (Å²) < 4.78 is 28.2. The van der Waals surface area contributed by atoms with Gasteiger partial charge in [0.2, 0.25) is 5.75 Å². The number of anilines is 1. The first kappa shape index (κ1) is 25.6. The quantitative estimate of drug-likeness (QED) is 0.328. The first-order chi connectivity index (χ1) is 17.8. The van der Waals surface area contributed by atoms with Crippen LogP contribution in [0.4, 0.5) is 5.69 Å². The summed E-state index contributed by atoms with van der Waals surface area (Å²) in [6.07, 6.45) is 0. The van der Waals surface area contributed by atoms with Gasteiger partial charge in [-0.3, -0.25) is 9.59 Å². The number of aromatic nitrogens is 2. The highest BCUT2D eigenvalue weighted by molar-refractivity contribution is 7.71. The second-order valence-electron chi connectivity index (χ2n) is 7.74. The van der Waals surface area contributed by atoms with Crippen molar-refractivity contribution in [3.63, 3.8) is 0 Å². The Hall–Kier alpha value is -4.51. The first-order valence-electron chi connectivity index (χ1n) is 11.0. The van der Waals surface area contributed by atoms with Gasteiger partial charge in [0.15, 0.2) is 16.3 Å². The molecule has 37 heavy (non-hydrogen) atoms. The van der Waals surface area contributed by atoms with Gasteiger partial charge < -0.3 is 34.0 Å². The number of nitrogens with zero attached hydrogens (tertiary/aromatic N) is 1. The summed E-state index contributed by atoms with van der Waals surface area (Å²) in [4.78, 5) is 29.5. The van der Waals surface area contributed by atoms with Crippen LogP contribution in [0.15, 0.2) is 53.3 Å². The van der Waals surface area contributed by atoms with Crippen LogP contribution in [0.2, 0.25) is 0 Å². The van der Waals surface area contributed by atoms with E-state index >= 15 is 0 Å². The number of nitrogens with one attached hydrogen (secondary N) is 2. The molecule has 192 valence electrons. The summed E-state index contributed by atoms with van der Waals surface area (Å²) in [6.45, 7) is 0. The molecule has 0 radical (unpaired) electrons. The highest BCUT2D eigenvalue weighted by atomic mass is 32.1. The van der Waals surface area contributed by atoms with Gasteiger partial charge in [-0.2, -0.15) is 0 Å². The lowest BCUT2D eigenvalue weighted by atomic mass is 10.1. The Balaban J connectivity index is 1.74. The molecule has 1 heterocycles. The number of methoxy groups -OCH3 is 5. The van der Waals surface area contributed by atoms with Crippen LogP contribution in [0, 0.1) is 4.77 Å². The Morgan fingerprint density at radius 3 is 2.11 bits per heavy atom. The van der Waals surface area contributed by atoms with E-state index in [1.165, 1.54) is 40.1 Å². The molecule has 11 heteroatoms. The molecule has 0 atom stereocenters. The molecule has 4 aromatic rings. The zero-order valence-corrected chi connectivity index (χ0v) is 21.6. The molecule has 3 aromatic carbocycles. The third kappa shape index (κ3) is 4.81. The number of benzene rings is 3. The van der Waals surface area contributed by atoms with Crippen molar-refractivity contribution in [2.45, 2.75) is 0 Å². The Kier molecular flexibility index (Phi) is 7.35. The molecule has 1 amide bonds. The fourth-order valence-corrected chi connectivity index (χ4v) is 4.20. The lowest BCUT2D eigenvalue weighted by molar-refractivity contribution is 0.102. The fourth-order valence-electron chi connectivity index (χ4n) is 3.91. The zero-order valence-electron chi connectivity index (χ0n) is 20.8. The normalized spacial score (nSPS) is 10.6. The monoisotopic (exact) mass is 523 g/mol. The summed E-state index contributed by atoms with van der Waals surface area (Å²) in [5.74, 6) is 1.78. The van der Waals surface area contributed by atoms with E-state index in [4.69, 9.17) is 35.9 Å². The summed E-state index contributed by atoms with van der Waals surface area (Å²) in [7, 11) is 7.50. The summed E-state index contributed by atoms with van der Waals surface area (Å²) in [5, 5.41) is 3.15. The number of hydrogen-bond donors (Lipinski definition) is 2. The summed E-state index contributed by atoms with van der Waals surface area (Å²) in [6, 6.07) is 13.0.